The molecule has 0 spiro atoms. The predicted octanol–water partition coefficient (Wildman–Crippen LogP) is 2.01. The van der Waals surface area contributed by atoms with E-state index in [1.165, 1.54) is 0 Å². The van der Waals surface area contributed by atoms with Crippen LogP contribution in [0.2, 0.25) is 0 Å². The molecule has 0 N–H and O–H groups in total. The number of aldehydes is 1. The Morgan fingerprint density at radius 2 is 2.12 bits per heavy atom. The zero-order valence-electron chi connectivity index (χ0n) is 9.73. The quantitative estimate of drug-likeness (QED) is 0.524. The van der Waals surface area contributed by atoms with Crippen molar-refractivity contribution in [3.8, 4) is 5.75 Å². The topological polar surface area (TPSA) is 48.4 Å². The minimum atomic E-state index is 0.343. The molecule has 0 amide bonds. The lowest BCUT2D eigenvalue weighted by atomic mass is 10.3. The minimum Gasteiger partial charge on any atom is -0.489 e. The first-order valence-corrected chi connectivity index (χ1v) is 5.41. The van der Waals surface area contributed by atoms with Gasteiger partial charge in [0, 0.05) is 12.3 Å². The van der Waals surface area contributed by atoms with E-state index in [2.05, 4.69) is 11.9 Å². The number of hydrogen-bond acceptors (Lipinski definition) is 4. The molecule has 0 atom stereocenters. The van der Waals surface area contributed by atoms with Gasteiger partial charge in [-0.2, -0.15) is 0 Å². The van der Waals surface area contributed by atoms with Crippen LogP contribution in [-0.2, 0) is 4.74 Å². The third-order valence-corrected chi connectivity index (χ3v) is 1.97. The Labute approximate surface area is 95.6 Å². The number of carbonyl (C=O) groups excluding carboxylic acids is 1. The van der Waals surface area contributed by atoms with Gasteiger partial charge in [0.2, 0.25) is 0 Å². The van der Waals surface area contributed by atoms with Crippen LogP contribution in [0.15, 0.2) is 12.1 Å². The van der Waals surface area contributed by atoms with Crippen LogP contribution < -0.4 is 4.74 Å². The van der Waals surface area contributed by atoms with Crippen molar-refractivity contribution in [3.63, 3.8) is 0 Å². The Bertz CT molecular complexity index is 339. The molecule has 16 heavy (non-hydrogen) atoms. The third-order valence-electron chi connectivity index (χ3n) is 1.97. The van der Waals surface area contributed by atoms with Gasteiger partial charge in [0.15, 0.2) is 6.29 Å². The average Bonchev–Trinajstić information content (AvgIpc) is 2.30. The maximum absolute atomic E-state index is 10.7. The van der Waals surface area contributed by atoms with E-state index in [1.807, 2.05) is 13.0 Å². The van der Waals surface area contributed by atoms with Crippen LogP contribution in [0, 0.1) is 6.92 Å². The molecular formula is C12H17NO3. The van der Waals surface area contributed by atoms with Crippen LogP contribution in [0.25, 0.3) is 0 Å². The summed E-state index contributed by atoms with van der Waals surface area (Å²) in [5.41, 5.74) is 1.15. The van der Waals surface area contributed by atoms with Crippen molar-refractivity contribution in [2.45, 2.75) is 20.3 Å². The minimum absolute atomic E-state index is 0.343. The highest BCUT2D eigenvalue weighted by Gasteiger charge is 2.04. The molecule has 1 aromatic heterocycles. The number of carbonyl (C=O) groups is 1. The molecule has 4 heteroatoms. The highest BCUT2D eigenvalue weighted by molar-refractivity contribution is 5.76. The summed E-state index contributed by atoms with van der Waals surface area (Å²) < 4.78 is 10.7. The molecule has 0 aromatic carbocycles. The van der Waals surface area contributed by atoms with Crippen molar-refractivity contribution in [2.24, 2.45) is 0 Å². The van der Waals surface area contributed by atoms with Crippen molar-refractivity contribution in [1.82, 2.24) is 4.98 Å². The zero-order chi connectivity index (χ0) is 11.8. The number of aryl methyl sites for hydroxylation is 1. The first kappa shape index (κ1) is 12.6. The highest BCUT2D eigenvalue weighted by atomic mass is 16.5. The molecule has 0 aliphatic heterocycles. The molecule has 1 heterocycles. The van der Waals surface area contributed by atoms with Crippen molar-refractivity contribution in [2.75, 3.05) is 19.8 Å². The molecule has 0 unspecified atom stereocenters. The van der Waals surface area contributed by atoms with Gasteiger partial charge < -0.3 is 9.47 Å². The molecule has 0 aliphatic rings. The molecule has 88 valence electrons. The van der Waals surface area contributed by atoms with Gasteiger partial charge in [0.25, 0.3) is 0 Å². The molecule has 0 radical (unpaired) electrons. The van der Waals surface area contributed by atoms with Crippen molar-refractivity contribution >= 4 is 6.29 Å². The lowest BCUT2D eigenvalue weighted by Gasteiger charge is -2.08. The van der Waals surface area contributed by atoms with E-state index in [0.717, 1.165) is 18.7 Å². The molecule has 4 nitrogen and oxygen atoms in total. The average molecular weight is 223 g/mol. The second kappa shape index (κ2) is 6.95. The van der Waals surface area contributed by atoms with Gasteiger partial charge >= 0.3 is 0 Å². The van der Waals surface area contributed by atoms with Crippen LogP contribution in [-0.4, -0.2) is 31.1 Å². The molecule has 0 saturated carbocycles. The van der Waals surface area contributed by atoms with Gasteiger partial charge in [-0.15, -0.1) is 0 Å². The summed E-state index contributed by atoms with van der Waals surface area (Å²) in [7, 11) is 0. The van der Waals surface area contributed by atoms with Gasteiger partial charge in [-0.25, -0.2) is 4.98 Å². The molecular weight excluding hydrogens is 206 g/mol. The van der Waals surface area contributed by atoms with Gasteiger partial charge in [0.1, 0.15) is 18.1 Å². The van der Waals surface area contributed by atoms with Crippen molar-refractivity contribution in [1.29, 1.82) is 0 Å². The van der Waals surface area contributed by atoms with Crippen molar-refractivity contribution < 1.29 is 14.3 Å². The fourth-order valence-electron chi connectivity index (χ4n) is 1.23. The van der Waals surface area contributed by atoms with Crippen molar-refractivity contribution in [3.05, 3.63) is 23.5 Å². The SMILES string of the molecule is CCCOCCOc1ccc(C)nc1C=O. The van der Waals surface area contributed by atoms with E-state index < -0.39 is 0 Å². The summed E-state index contributed by atoms with van der Waals surface area (Å²) >= 11 is 0. The summed E-state index contributed by atoms with van der Waals surface area (Å²) in [5.74, 6) is 0.515. The molecule has 0 saturated heterocycles. The normalized spacial score (nSPS) is 10.1. The lowest BCUT2D eigenvalue weighted by molar-refractivity contribution is 0.0988. The number of hydrogen-bond donors (Lipinski definition) is 0. The smallest absolute Gasteiger partial charge is 0.172 e. The van der Waals surface area contributed by atoms with E-state index in [4.69, 9.17) is 9.47 Å². The number of ether oxygens (including phenoxy) is 2. The van der Waals surface area contributed by atoms with Crippen LogP contribution in [0.5, 0.6) is 5.75 Å². The highest BCUT2D eigenvalue weighted by Crippen LogP contribution is 2.14. The first-order valence-electron chi connectivity index (χ1n) is 5.41. The Hall–Kier alpha value is -1.42. The predicted molar refractivity (Wildman–Crippen MR) is 61.0 cm³/mol. The van der Waals surface area contributed by atoms with Gasteiger partial charge in [-0.1, -0.05) is 6.92 Å². The Morgan fingerprint density at radius 3 is 2.81 bits per heavy atom. The number of nitrogens with zero attached hydrogens (tertiary/aromatic N) is 1. The maximum Gasteiger partial charge on any atom is 0.172 e. The van der Waals surface area contributed by atoms with E-state index in [-0.39, 0.29) is 0 Å². The molecule has 0 bridgehead atoms. The first-order chi connectivity index (χ1) is 7.77. The second-order valence-corrected chi connectivity index (χ2v) is 3.41. The summed E-state index contributed by atoms with van der Waals surface area (Å²) in [5, 5.41) is 0. The summed E-state index contributed by atoms with van der Waals surface area (Å²) in [6.07, 6.45) is 1.70. The Morgan fingerprint density at radius 1 is 1.31 bits per heavy atom. The maximum atomic E-state index is 10.7. The summed E-state index contributed by atoms with van der Waals surface area (Å²) in [6.45, 7) is 5.58. The number of rotatable bonds is 7. The largest absolute Gasteiger partial charge is 0.489 e. The third kappa shape index (κ3) is 3.98. The van der Waals surface area contributed by atoms with E-state index >= 15 is 0 Å². The Kier molecular flexibility index (Phi) is 5.50. The Balaban J connectivity index is 2.44. The van der Waals surface area contributed by atoms with E-state index in [0.29, 0.717) is 30.9 Å². The van der Waals surface area contributed by atoms with Gasteiger partial charge in [-0.3, -0.25) is 4.79 Å². The fourth-order valence-corrected chi connectivity index (χ4v) is 1.23. The molecule has 0 aliphatic carbocycles. The molecule has 1 aromatic rings. The second-order valence-electron chi connectivity index (χ2n) is 3.41. The number of aromatic nitrogens is 1. The molecule has 1 rings (SSSR count). The van der Waals surface area contributed by atoms with Gasteiger partial charge in [0.05, 0.1) is 6.61 Å². The van der Waals surface area contributed by atoms with Crippen LogP contribution in [0.4, 0.5) is 0 Å². The van der Waals surface area contributed by atoms with Crippen LogP contribution in [0.3, 0.4) is 0 Å². The van der Waals surface area contributed by atoms with Crippen LogP contribution >= 0.6 is 0 Å². The summed E-state index contributed by atoms with van der Waals surface area (Å²) in [6, 6.07) is 3.57. The fraction of sp³-hybridized carbons (Fsp3) is 0.500. The monoisotopic (exact) mass is 223 g/mol. The number of pyridine rings is 1. The van der Waals surface area contributed by atoms with E-state index in [9.17, 15) is 4.79 Å². The zero-order valence-corrected chi connectivity index (χ0v) is 9.73. The van der Waals surface area contributed by atoms with Crippen LogP contribution in [0.1, 0.15) is 29.5 Å². The van der Waals surface area contributed by atoms with Gasteiger partial charge in [-0.05, 0) is 25.5 Å². The van der Waals surface area contributed by atoms with E-state index in [1.54, 1.807) is 6.07 Å². The summed E-state index contributed by atoms with van der Waals surface area (Å²) in [4.78, 5) is 14.8. The molecule has 0 fully saturated rings. The standard InChI is InChI=1S/C12H17NO3/c1-3-6-15-7-8-16-12-5-4-10(2)13-11(12)9-14/h4-5,9H,3,6-8H2,1-2H3. The lowest BCUT2D eigenvalue weighted by Crippen LogP contribution is -2.09.